The maximum absolute atomic E-state index is 6.10. The van der Waals surface area contributed by atoms with Gasteiger partial charge in [0.1, 0.15) is 5.82 Å². The summed E-state index contributed by atoms with van der Waals surface area (Å²) in [6.07, 6.45) is 5.45. The number of halogens is 1. The Kier molecular flexibility index (Phi) is 4.75. The second-order valence-corrected chi connectivity index (χ2v) is 5.77. The fourth-order valence-corrected chi connectivity index (χ4v) is 2.67. The third kappa shape index (κ3) is 3.67. The molecule has 0 bridgehead atoms. The minimum Gasteiger partial charge on any atom is -0.380 e. The van der Waals surface area contributed by atoms with Crippen molar-refractivity contribution in [3.05, 3.63) is 47.4 Å². The molecule has 1 N–H and O–H groups in total. The molecule has 0 radical (unpaired) electrons. The quantitative estimate of drug-likeness (QED) is 0.939. The number of aromatic nitrogens is 2. The summed E-state index contributed by atoms with van der Waals surface area (Å²) >= 11 is 6.10. The maximum atomic E-state index is 6.10. The number of hydrogen-bond acceptors (Lipinski definition) is 5. The highest BCUT2D eigenvalue weighted by Crippen LogP contribution is 2.21. The molecule has 2 aromatic rings. The highest BCUT2D eigenvalue weighted by molar-refractivity contribution is 6.33. The number of anilines is 2. The first-order valence-corrected chi connectivity index (χ1v) is 7.75. The van der Waals surface area contributed by atoms with Crippen molar-refractivity contribution in [2.45, 2.75) is 19.6 Å². The molecule has 116 valence electrons. The molecule has 1 aliphatic heterocycles. The van der Waals surface area contributed by atoms with E-state index < -0.39 is 0 Å². The van der Waals surface area contributed by atoms with Crippen LogP contribution < -0.4 is 10.2 Å². The highest BCUT2D eigenvalue weighted by atomic mass is 35.5. The summed E-state index contributed by atoms with van der Waals surface area (Å²) in [6, 6.07) is 5.99. The van der Waals surface area contributed by atoms with Gasteiger partial charge in [0.25, 0.3) is 0 Å². The third-order valence-corrected chi connectivity index (χ3v) is 3.93. The van der Waals surface area contributed by atoms with Gasteiger partial charge in [0.15, 0.2) is 0 Å². The largest absolute Gasteiger partial charge is 0.380 e. The van der Waals surface area contributed by atoms with Gasteiger partial charge < -0.3 is 15.0 Å². The van der Waals surface area contributed by atoms with Crippen LogP contribution in [0.3, 0.4) is 0 Å². The summed E-state index contributed by atoms with van der Waals surface area (Å²) in [4.78, 5) is 10.7. The zero-order valence-electron chi connectivity index (χ0n) is 12.5. The van der Waals surface area contributed by atoms with Crippen LogP contribution in [0.1, 0.15) is 12.5 Å². The number of hydrogen-bond donors (Lipinski definition) is 1. The number of pyridine rings is 2. The van der Waals surface area contributed by atoms with E-state index in [-0.39, 0.29) is 6.10 Å². The first-order valence-electron chi connectivity index (χ1n) is 7.37. The summed E-state index contributed by atoms with van der Waals surface area (Å²) in [5.74, 6) is 0.996. The Morgan fingerprint density at radius 3 is 3.14 bits per heavy atom. The number of morpholine rings is 1. The molecule has 6 heteroatoms. The molecule has 1 atom stereocenters. The molecule has 3 rings (SSSR count). The zero-order chi connectivity index (χ0) is 15.4. The predicted octanol–water partition coefficient (Wildman–Crippen LogP) is 2.97. The molecule has 1 aliphatic rings. The van der Waals surface area contributed by atoms with Crippen molar-refractivity contribution in [2.24, 2.45) is 0 Å². The summed E-state index contributed by atoms with van der Waals surface area (Å²) in [7, 11) is 0. The molecule has 1 fully saturated rings. The van der Waals surface area contributed by atoms with Gasteiger partial charge in [-0.15, -0.1) is 0 Å². The molecule has 0 aromatic carbocycles. The van der Waals surface area contributed by atoms with Crippen molar-refractivity contribution in [3.8, 4) is 0 Å². The smallest absolute Gasteiger partial charge is 0.128 e. The van der Waals surface area contributed by atoms with Gasteiger partial charge in [0.2, 0.25) is 0 Å². The molecule has 0 amide bonds. The first kappa shape index (κ1) is 15.1. The Balaban J connectivity index is 1.67. The van der Waals surface area contributed by atoms with Gasteiger partial charge in [-0.1, -0.05) is 11.6 Å². The van der Waals surface area contributed by atoms with Crippen molar-refractivity contribution in [3.63, 3.8) is 0 Å². The van der Waals surface area contributed by atoms with Crippen LogP contribution in [0.15, 0.2) is 36.8 Å². The Bertz CT molecular complexity index is 637. The van der Waals surface area contributed by atoms with E-state index in [9.17, 15) is 0 Å². The van der Waals surface area contributed by atoms with E-state index in [1.54, 1.807) is 12.4 Å². The van der Waals surface area contributed by atoms with Gasteiger partial charge in [-0.2, -0.15) is 0 Å². The lowest BCUT2D eigenvalue weighted by atomic mass is 10.2. The van der Waals surface area contributed by atoms with Crippen LogP contribution in [-0.4, -0.2) is 35.8 Å². The van der Waals surface area contributed by atoms with Crippen LogP contribution in [0.4, 0.5) is 11.5 Å². The molecule has 1 saturated heterocycles. The Morgan fingerprint density at radius 2 is 2.32 bits per heavy atom. The molecule has 0 spiro atoms. The van der Waals surface area contributed by atoms with Crippen molar-refractivity contribution in [1.29, 1.82) is 0 Å². The average molecular weight is 319 g/mol. The molecular weight excluding hydrogens is 300 g/mol. The number of rotatable bonds is 4. The minimum absolute atomic E-state index is 0.243. The van der Waals surface area contributed by atoms with E-state index in [2.05, 4.69) is 33.2 Å². The van der Waals surface area contributed by atoms with E-state index in [4.69, 9.17) is 16.3 Å². The lowest BCUT2D eigenvalue weighted by Gasteiger charge is -2.32. The van der Waals surface area contributed by atoms with Crippen LogP contribution in [0.5, 0.6) is 0 Å². The number of nitrogens with one attached hydrogen (secondary N) is 1. The maximum Gasteiger partial charge on any atom is 0.128 e. The van der Waals surface area contributed by atoms with E-state index in [0.717, 1.165) is 36.8 Å². The van der Waals surface area contributed by atoms with Crippen LogP contribution in [0, 0.1) is 0 Å². The van der Waals surface area contributed by atoms with Crippen molar-refractivity contribution in [2.75, 3.05) is 29.9 Å². The summed E-state index contributed by atoms with van der Waals surface area (Å²) in [6.45, 7) is 5.28. The normalized spacial score (nSPS) is 18.3. The molecule has 0 aliphatic carbocycles. The summed E-state index contributed by atoms with van der Waals surface area (Å²) < 4.78 is 5.58. The molecule has 5 nitrogen and oxygen atoms in total. The van der Waals surface area contributed by atoms with Gasteiger partial charge in [0.05, 0.1) is 23.4 Å². The molecular formula is C16H19ClN4O. The average Bonchev–Trinajstić information content (AvgIpc) is 2.54. The van der Waals surface area contributed by atoms with E-state index in [1.165, 1.54) is 0 Å². The van der Waals surface area contributed by atoms with Crippen LogP contribution >= 0.6 is 11.6 Å². The van der Waals surface area contributed by atoms with E-state index >= 15 is 0 Å². The van der Waals surface area contributed by atoms with Gasteiger partial charge in [-0.25, -0.2) is 4.98 Å². The molecule has 22 heavy (non-hydrogen) atoms. The van der Waals surface area contributed by atoms with Gasteiger partial charge >= 0.3 is 0 Å². The van der Waals surface area contributed by atoms with Crippen LogP contribution in [0.2, 0.25) is 5.02 Å². The highest BCUT2D eigenvalue weighted by Gasteiger charge is 2.17. The number of nitrogens with zero attached hydrogens (tertiary/aromatic N) is 3. The lowest BCUT2D eigenvalue weighted by molar-refractivity contribution is 0.0529. The Labute approximate surface area is 135 Å². The zero-order valence-corrected chi connectivity index (χ0v) is 13.3. The summed E-state index contributed by atoms with van der Waals surface area (Å²) in [5.41, 5.74) is 2.05. The predicted molar refractivity (Wildman–Crippen MR) is 88.4 cm³/mol. The molecule has 0 saturated carbocycles. The second-order valence-electron chi connectivity index (χ2n) is 5.36. The fourth-order valence-electron chi connectivity index (χ4n) is 2.49. The lowest BCUT2D eigenvalue weighted by Crippen LogP contribution is -2.41. The first-order chi connectivity index (χ1) is 10.7. The monoisotopic (exact) mass is 318 g/mol. The summed E-state index contributed by atoms with van der Waals surface area (Å²) in [5, 5.41) is 3.95. The van der Waals surface area contributed by atoms with E-state index in [1.807, 2.05) is 18.3 Å². The third-order valence-electron chi connectivity index (χ3n) is 3.63. The molecule has 2 aromatic heterocycles. The van der Waals surface area contributed by atoms with Gasteiger partial charge in [-0.3, -0.25) is 4.98 Å². The van der Waals surface area contributed by atoms with Crippen LogP contribution in [-0.2, 0) is 11.3 Å². The van der Waals surface area contributed by atoms with Crippen molar-refractivity contribution >= 4 is 23.1 Å². The standard InChI is InChI=1S/C16H19ClN4O/c1-12-11-21(6-7-22-12)16-8-13(2-5-19-16)9-20-15-3-4-18-10-14(15)17/h2-5,8,10,12H,6-7,9,11H2,1H3,(H,18,20). The Morgan fingerprint density at radius 1 is 1.41 bits per heavy atom. The topological polar surface area (TPSA) is 50.3 Å². The second kappa shape index (κ2) is 6.94. The van der Waals surface area contributed by atoms with Gasteiger partial charge in [0, 0.05) is 38.2 Å². The fraction of sp³-hybridized carbons (Fsp3) is 0.375. The van der Waals surface area contributed by atoms with Crippen molar-refractivity contribution in [1.82, 2.24) is 9.97 Å². The van der Waals surface area contributed by atoms with Crippen molar-refractivity contribution < 1.29 is 4.74 Å². The molecule has 1 unspecified atom stereocenters. The van der Waals surface area contributed by atoms with Crippen LogP contribution in [0.25, 0.3) is 0 Å². The van der Waals surface area contributed by atoms with Gasteiger partial charge in [-0.05, 0) is 30.7 Å². The minimum atomic E-state index is 0.243. The SMILES string of the molecule is CC1CN(c2cc(CNc3ccncc3Cl)ccn2)CCO1. The van der Waals surface area contributed by atoms with E-state index in [0.29, 0.717) is 11.6 Å². The Hall–Kier alpha value is -1.85. The number of ether oxygens (including phenoxy) is 1. The molecule has 3 heterocycles.